The van der Waals surface area contributed by atoms with E-state index in [-0.39, 0.29) is 17.9 Å². The maximum atomic E-state index is 12.1. The number of benzene rings is 1. The minimum absolute atomic E-state index is 0.0150. The summed E-state index contributed by atoms with van der Waals surface area (Å²) >= 11 is 0. The zero-order valence-corrected chi connectivity index (χ0v) is 12.3. The molecular formula is C16H23NO3. The van der Waals surface area contributed by atoms with Crippen LogP contribution >= 0.6 is 0 Å². The summed E-state index contributed by atoms with van der Waals surface area (Å²) in [4.78, 5) is 12.1. The Balaban J connectivity index is 2.22. The number of ether oxygens (including phenoxy) is 1. The van der Waals surface area contributed by atoms with E-state index in [1.54, 1.807) is 6.92 Å². The highest BCUT2D eigenvalue weighted by atomic mass is 16.5. The van der Waals surface area contributed by atoms with Gasteiger partial charge in [0.1, 0.15) is 5.75 Å². The van der Waals surface area contributed by atoms with Crippen molar-refractivity contribution in [1.29, 1.82) is 0 Å². The Bertz CT molecular complexity index is 485. The molecule has 1 aromatic carbocycles. The van der Waals surface area contributed by atoms with Crippen LogP contribution in [0, 0.1) is 5.92 Å². The highest BCUT2D eigenvalue weighted by molar-refractivity contribution is 5.78. The van der Waals surface area contributed by atoms with E-state index in [2.05, 4.69) is 5.32 Å². The number of amides is 1. The lowest BCUT2D eigenvalue weighted by molar-refractivity contribution is -0.125. The van der Waals surface area contributed by atoms with Gasteiger partial charge in [0.2, 0.25) is 5.91 Å². The third kappa shape index (κ3) is 3.12. The van der Waals surface area contributed by atoms with Gasteiger partial charge in [-0.3, -0.25) is 4.79 Å². The van der Waals surface area contributed by atoms with Crippen LogP contribution in [0.3, 0.4) is 0 Å². The van der Waals surface area contributed by atoms with Gasteiger partial charge in [0.25, 0.3) is 0 Å². The number of nitrogens with one attached hydrogen (secondary N) is 1. The molecule has 1 aliphatic heterocycles. The van der Waals surface area contributed by atoms with Crippen molar-refractivity contribution in [1.82, 2.24) is 5.32 Å². The first-order valence-corrected chi connectivity index (χ1v) is 7.28. The van der Waals surface area contributed by atoms with Crippen LogP contribution in [0.4, 0.5) is 0 Å². The normalized spacial score (nSPS) is 20.5. The number of aliphatic hydroxyl groups is 1. The lowest BCUT2D eigenvalue weighted by Gasteiger charge is -2.28. The quantitative estimate of drug-likeness (QED) is 0.889. The van der Waals surface area contributed by atoms with Crippen LogP contribution in [0.15, 0.2) is 18.2 Å². The fraction of sp³-hybridized carbons (Fsp3) is 0.562. The number of hydrogen-bond donors (Lipinski definition) is 2. The average molecular weight is 277 g/mol. The predicted octanol–water partition coefficient (Wildman–Crippen LogP) is 2.73. The summed E-state index contributed by atoms with van der Waals surface area (Å²) in [6.07, 6.45) is 1.07. The minimum atomic E-state index is -0.520. The highest BCUT2D eigenvalue weighted by Crippen LogP contribution is 2.34. The molecule has 0 aliphatic carbocycles. The smallest absolute Gasteiger partial charge is 0.223 e. The molecule has 0 saturated carbocycles. The summed E-state index contributed by atoms with van der Waals surface area (Å²) in [6.45, 7) is 6.28. The number of carbonyl (C=O) groups excluding carboxylic acids is 1. The monoisotopic (exact) mass is 277 g/mol. The topological polar surface area (TPSA) is 58.6 Å². The summed E-state index contributed by atoms with van der Waals surface area (Å²) in [5.74, 6) is 0.893. The first-order valence-electron chi connectivity index (χ1n) is 7.28. The summed E-state index contributed by atoms with van der Waals surface area (Å²) in [6, 6.07) is 5.64. The molecule has 0 spiro atoms. The van der Waals surface area contributed by atoms with E-state index in [0.717, 1.165) is 29.7 Å². The van der Waals surface area contributed by atoms with Crippen LogP contribution in [0.1, 0.15) is 56.9 Å². The SMILES string of the molecule is CCC(C)C(=O)NC1CCOc2ccc(C(C)O)cc21. The van der Waals surface area contributed by atoms with Gasteiger partial charge in [-0.05, 0) is 31.0 Å². The second kappa shape index (κ2) is 6.27. The van der Waals surface area contributed by atoms with E-state index >= 15 is 0 Å². The van der Waals surface area contributed by atoms with Gasteiger partial charge in [0.15, 0.2) is 0 Å². The molecule has 2 N–H and O–H groups in total. The molecular weight excluding hydrogens is 254 g/mol. The van der Waals surface area contributed by atoms with E-state index in [1.807, 2.05) is 32.0 Å². The van der Waals surface area contributed by atoms with E-state index in [4.69, 9.17) is 4.74 Å². The third-order valence-corrected chi connectivity index (χ3v) is 3.93. The van der Waals surface area contributed by atoms with Gasteiger partial charge in [0, 0.05) is 17.9 Å². The van der Waals surface area contributed by atoms with E-state index < -0.39 is 6.10 Å². The molecule has 0 radical (unpaired) electrons. The van der Waals surface area contributed by atoms with Crippen molar-refractivity contribution in [3.05, 3.63) is 29.3 Å². The van der Waals surface area contributed by atoms with Gasteiger partial charge in [-0.15, -0.1) is 0 Å². The van der Waals surface area contributed by atoms with Crippen molar-refractivity contribution in [2.75, 3.05) is 6.61 Å². The molecule has 4 nitrogen and oxygen atoms in total. The lowest BCUT2D eigenvalue weighted by Crippen LogP contribution is -2.35. The third-order valence-electron chi connectivity index (χ3n) is 3.93. The first-order chi connectivity index (χ1) is 9.52. The fourth-order valence-corrected chi connectivity index (χ4v) is 2.32. The molecule has 1 amide bonds. The van der Waals surface area contributed by atoms with Gasteiger partial charge in [-0.25, -0.2) is 0 Å². The van der Waals surface area contributed by atoms with E-state index in [9.17, 15) is 9.90 Å². The molecule has 20 heavy (non-hydrogen) atoms. The molecule has 0 saturated heterocycles. The average Bonchev–Trinajstić information content (AvgIpc) is 2.46. The van der Waals surface area contributed by atoms with Gasteiger partial charge in [-0.2, -0.15) is 0 Å². The van der Waals surface area contributed by atoms with E-state index in [1.165, 1.54) is 0 Å². The largest absolute Gasteiger partial charge is 0.493 e. The standard InChI is InChI=1S/C16H23NO3/c1-4-10(2)16(19)17-14-7-8-20-15-6-5-12(11(3)18)9-13(14)15/h5-6,9-11,14,18H,4,7-8H2,1-3H3,(H,17,19). The van der Waals surface area contributed by atoms with Crippen LogP contribution in [-0.4, -0.2) is 17.6 Å². The zero-order valence-electron chi connectivity index (χ0n) is 12.3. The Morgan fingerprint density at radius 1 is 1.50 bits per heavy atom. The van der Waals surface area contributed by atoms with Crippen LogP contribution in [0.5, 0.6) is 5.75 Å². The molecule has 0 bridgehead atoms. The molecule has 4 heteroatoms. The van der Waals surface area contributed by atoms with Crippen molar-refractivity contribution in [2.24, 2.45) is 5.92 Å². The molecule has 0 aromatic heterocycles. The summed E-state index contributed by atoms with van der Waals surface area (Å²) in [7, 11) is 0. The Morgan fingerprint density at radius 3 is 2.90 bits per heavy atom. The molecule has 1 aromatic rings. The number of hydrogen-bond acceptors (Lipinski definition) is 3. The van der Waals surface area contributed by atoms with Gasteiger partial charge >= 0.3 is 0 Å². The molecule has 1 aliphatic rings. The summed E-state index contributed by atoms with van der Waals surface area (Å²) in [5, 5.41) is 12.8. The maximum absolute atomic E-state index is 12.1. The van der Waals surface area contributed by atoms with Crippen molar-refractivity contribution >= 4 is 5.91 Å². The predicted molar refractivity (Wildman–Crippen MR) is 77.5 cm³/mol. The minimum Gasteiger partial charge on any atom is -0.493 e. The highest BCUT2D eigenvalue weighted by Gasteiger charge is 2.25. The Morgan fingerprint density at radius 2 is 2.25 bits per heavy atom. The summed E-state index contributed by atoms with van der Waals surface area (Å²) in [5.41, 5.74) is 1.81. The number of carbonyl (C=O) groups is 1. The Hall–Kier alpha value is -1.55. The maximum Gasteiger partial charge on any atom is 0.223 e. The van der Waals surface area contributed by atoms with Crippen LogP contribution < -0.4 is 10.1 Å². The number of fused-ring (bicyclic) bond motifs is 1. The van der Waals surface area contributed by atoms with Gasteiger partial charge in [0.05, 0.1) is 18.8 Å². The molecule has 110 valence electrons. The number of rotatable bonds is 4. The van der Waals surface area contributed by atoms with E-state index in [0.29, 0.717) is 6.61 Å². The molecule has 0 fully saturated rings. The van der Waals surface area contributed by atoms with Crippen LogP contribution in [0.25, 0.3) is 0 Å². The number of aliphatic hydroxyl groups excluding tert-OH is 1. The first kappa shape index (κ1) is 14.9. The Labute approximate surface area is 120 Å². The summed E-state index contributed by atoms with van der Waals surface area (Å²) < 4.78 is 5.62. The zero-order chi connectivity index (χ0) is 14.7. The fourth-order valence-electron chi connectivity index (χ4n) is 2.32. The lowest BCUT2D eigenvalue weighted by atomic mass is 9.96. The van der Waals surface area contributed by atoms with Crippen molar-refractivity contribution in [3.63, 3.8) is 0 Å². The van der Waals surface area contributed by atoms with Crippen molar-refractivity contribution in [2.45, 2.75) is 45.8 Å². The van der Waals surface area contributed by atoms with Gasteiger partial charge < -0.3 is 15.2 Å². The van der Waals surface area contributed by atoms with Crippen LogP contribution in [-0.2, 0) is 4.79 Å². The van der Waals surface area contributed by atoms with Gasteiger partial charge in [-0.1, -0.05) is 19.9 Å². The molecule has 3 atom stereocenters. The van der Waals surface area contributed by atoms with Crippen LogP contribution in [0.2, 0.25) is 0 Å². The molecule has 1 heterocycles. The van der Waals surface area contributed by atoms with Crippen molar-refractivity contribution in [3.8, 4) is 5.75 Å². The second-order valence-electron chi connectivity index (χ2n) is 5.48. The second-order valence-corrected chi connectivity index (χ2v) is 5.48. The van der Waals surface area contributed by atoms with Crippen molar-refractivity contribution < 1.29 is 14.6 Å². The Kier molecular flexibility index (Phi) is 4.65. The molecule has 2 rings (SSSR count). The molecule has 3 unspecified atom stereocenters.